The van der Waals surface area contributed by atoms with Crippen LogP contribution in [0.15, 0.2) is 48.5 Å². The third-order valence-electron chi connectivity index (χ3n) is 7.01. The minimum Gasteiger partial charge on any atom is -0.462 e. The van der Waals surface area contributed by atoms with Crippen LogP contribution in [0.3, 0.4) is 0 Å². The van der Waals surface area contributed by atoms with E-state index in [9.17, 15) is 40.7 Å². The summed E-state index contributed by atoms with van der Waals surface area (Å²) in [5, 5.41) is 0. The van der Waals surface area contributed by atoms with Gasteiger partial charge in [-0.1, -0.05) is 30.3 Å². The Labute approximate surface area is 264 Å². The van der Waals surface area contributed by atoms with Gasteiger partial charge in [-0.05, 0) is 70.7 Å². The number of carbonyl (C=O) groups is 3. The SMILES string of the molecule is CC(C)OC(=O)CN(CC(=O)OC(C)C)[C@H]1CCN(C(=O)c2cc(C(F)(F)F)cc(C(F)(F)F)c2)[C@H](Cc2ccccc2)C1.Cl. The molecule has 1 fully saturated rings. The zero-order valence-electron chi connectivity index (χ0n) is 25.3. The molecule has 45 heavy (non-hydrogen) atoms. The molecule has 7 nitrogen and oxygen atoms in total. The fraction of sp³-hybridized carbons (Fsp3) is 0.516. The zero-order chi connectivity index (χ0) is 32.8. The lowest BCUT2D eigenvalue weighted by Crippen LogP contribution is -2.54. The predicted octanol–water partition coefficient (Wildman–Crippen LogP) is 6.57. The van der Waals surface area contributed by atoms with Crippen LogP contribution < -0.4 is 0 Å². The fourth-order valence-corrected chi connectivity index (χ4v) is 5.20. The summed E-state index contributed by atoms with van der Waals surface area (Å²) in [4.78, 5) is 41.7. The Hall–Kier alpha value is -3.32. The van der Waals surface area contributed by atoms with Crippen LogP contribution in [0.4, 0.5) is 26.3 Å². The van der Waals surface area contributed by atoms with E-state index in [0.717, 1.165) is 5.56 Å². The summed E-state index contributed by atoms with van der Waals surface area (Å²) in [6.45, 7) is 6.13. The molecular formula is C31H37ClF6N2O5. The summed E-state index contributed by atoms with van der Waals surface area (Å²) in [5.74, 6) is -2.15. The van der Waals surface area contributed by atoms with E-state index in [-0.39, 0.29) is 57.4 Å². The van der Waals surface area contributed by atoms with Crippen LogP contribution in [0.25, 0.3) is 0 Å². The Morgan fingerprint density at radius 1 is 0.844 bits per heavy atom. The number of rotatable bonds is 10. The number of alkyl halides is 6. The van der Waals surface area contributed by atoms with E-state index >= 15 is 0 Å². The molecule has 1 amide bonds. The first-order chi connectivity index (χ1) is 20.4. The predicted molar refractivity (Wildman–Crippen MR) is 156 cm³/mol. The van der Waals surface area contributed by atoms with Crippen LogP contribution >= 0.6 is 12.4 Å². The second-order valence-electron chi connectivity index (χ2n) is 11.3. The normalized spacial score (nSPS) is 17.3. The molecule has 0 aromatic heterocycles. The first-order valence-electron chi connectivity index (χ1n) is 14.2. The second-order valence-corrected chi connectivity index (χ2v) is 11.3. The summed E-state index contributed by atoms with van der Waals surface area (Å²) in [5.41, 5.74) is -3.12. The van der Waals surface area contributed by atoms with Crippen molar-refractivity contribution in [3.8, 4) is 0 Å². The molecule has 250 valence electrons. The molecule has 0 spiro atoms. The van der Waals surface area contributed by atoms with E-state index < -0.39 is 71.2 Å². The number of hydrogen-bond acceptors (Lipinski definition) is 6. The summed E-state index contributed by atoms with van der Waals surface area (Å²) < 4.78 is 91.8. The molecule has 3 rings (SSSR count). The van der Waals surface area contributed by atoms with E-state index in [2.05, 4.69) is 0 Å². The summed E-state index contributed by atoms with van der Waals surface area (Å²) in [7, 11) is 0. The van der Waals surface area contributed by atoms with Gasteiger partial charge in [-0.2, -0.15) is 26.3 Å². The smallest absolute Gasteiger partial charge is 0.416 e. The molecule has 2 aromatic rings. The number of carbonyl (C=O) groups excluding carboxylic acids is 3. The van der Waals surface area contributed by atoms with Crippen LogP contribution in [-0.2, 0) is 37.8 Å². The quantitative estimate of drug-likeness (QED) is 0.211. The van der Waals surface area contributed by atoms with E-state index in [1.807, 2.05) is 0 Å². The fourth-order valence-electron chi connectivity index (χ4n) is 5.20. The Morgan fingerprint density at radius 2 is 1.33 bits per heavy atom. The topological polar surface area (TPSA) is 76.2 Å². The first kappa shape index (κ1) is 37.9. The first-order valence-corrected chi connectivity index (χ1v) is 14.2. The summed E-state index contributed by atoms with van der Waals surface area (Å²) in [6, 6.07) is 8.58. The average Bonchev–Trinajstić information content (AvgIpc) is 2.90. The van der Waals surface area contributed by atoms with Gasteiger partial charge in [0, 0.05) is 24.2 Å². The van der Waals surface area contributed by atoms with E-state index in [4.69, 9.17) is 9.47 Å². The number of halogens is 7. The number of likely N-dealkylation sites (tertiary alicyclic amines) is 1. The number of hydrogen-bond donors (Lipinski definition) is 0. The van der Waals surface area contributed by atoms with Gasteiger partial charge in [0.2, 0.25) is 0 Å². The highest BCUT2D eigenvalue weighted by atomic mass is 35.5. The third-order valence-corrected chi connectivity index (χ3v) is 7.01. The lowest BCUT2D eigenvalue weighted by Gasteiger charge is -2.43. The standard InChI is InChI=1S/C31H36F6N2O5.ClH/c1-19(2)43-27(40)17-38(18-28(41)44-20(3)4)25-10-11-39(26(16-25)12-21-8-6-5-7-9-21)29(42)22-13-23(30(32,33)34)15-24(14-22)31(35,36)37;/h5-9,13-15,19-20,25-26H,10-12,16-18H2,1-4H3;1H/t25-,26+;/m0./s1. The van der Waals surface area contributed by atoms with Gasteiger partial charge < -0.3 is 14.4 Å². The van der Waals surface area contributed by atoms with Gasteiger partial charge in [0.05, 0.1) is 36.4 Å². The molecule has 2 atom stereocenters. The molecule has 0 bridgehead atoms. The number of piperidine rings is 1. The van der Waals surface area contributed by atoms with Crippen molar-refractivity contribution in [3.05, 3.63) is 70.8 Å². The molecule has 0 N–H and O–H groups in total. The number of nitrogens with zero attached hydrogens (tertiary/aromatic N) is 2. The highest BCUT2D eigenvalue weighted by Gasteiger charge is 2.40. The molecule has 1 saturated heterocycles. The molecule has 14 heteroatoms. The van der Waals surface area contributed by atoms with Crippen molar-refractivity contribution in [1.82, 2.24) is 9.80 Å². The van der Waals surface area contributed by atoms with Crippen LogP contribution in [0.2, 0.25) is 0 Å². The molecule has 2 aromatic carbocycles. The monoisotopic (exact) mass is 666 g/mol. The van der Waals surface area contributed by atoms with Gasteiger partial charge in [-0.3, -0.25) is 19.3 Å². The van der Waals surface area contributed by atoms with Gasteiger partial charge >= 0.3 is 24.3 Å². The van der Waals surface area contributed by atoms with Gasteiger partial charge in [-0.25, -0.2) is 0 Å². The summed E-state index contributed by atoms with van der Waals surface area (Å²) >= 11 is 0. The molecule has 0 radical (unpaired) electrons. The van der Waals surface area contributed by atoms with Crippen molar-refractivity contribution in [2.24, 2.45) is 0 Å². The number of esters is 2. The molecule has 0 aliphatic carbocycles. The number of amides is 1. The Morgan fingerprint density at radius 3 is 1.78 bits per heavy atom. The average molecular weight is 667 g/mol. The maximum absolute atomic E-state index is 13.7. The van der Waals surface area contributed by atoms with Crippen molar-refractivity contribution in [3.63, 3.8) is 0 Å². The van der Waals surface area contributed by atoms with E-state index in [0.29, 0.717) is 12.1 Å². The highest BCUT2D eigenvalue weighted by molar-refractivity contribution is 5.95. The zero-order valence-corrected chi connectivity index (χ0v) is 26.1. The van der Waals surface area contributed by atoms with Gasteiger partial charge in [0.15, 0.2) is 0 Å². The number of ether oxygens (including phenoxy) is 2. The number of benzene rings is 2. The minimum atomic E-state index is -5.11. The lowest BCUT2D eigenvalue weighted by molar-refractivity contribution is -0.154. The Balaban J connectivity index is 0.00000705. The van der Waals surface area contributed by atoms with Gasteiger partial charge in [0.25, 0.3) is 5.91 Å². The molecule has 0 saturated carbocycles. The van der Waals surface area contributed by atoms with Crippen molar-refractivity contribution < 1.29 is 50.2 Å². The molecule has 0 unspecified atom stereocenters. The maximum Gasteiger partial charge on any atom is 0.416 e. The maximum atomic E-state index is 13.7. The van der Waals surface area contributed by atoms with E-state index in [1.54, 1.807) is 62.9 Å². The molecular weight excluding hydrogens is 630 g/mol. The van der Waals surface area contributed by atoms with Crippen molar-refractivity contribution in [1.29, 1.82) is 0 Å². The lowest BCUT2D eigenvalue weighted by atomic mass is 9.90. The largest absolute Gasteiger partial charge is 0.462 e. The van der Waals surface area contributed by atoms with Gasteiger partial charge in [0.1, 0.15) is 0 Å². The second kappa shape index (κ2) is 15.8. The van der Waals surface area contributed by atoms with Crippen molar-refractivity contribution in [2.75, 3.05) is 19.6 Å². The Kier molecular flexibility index (Phi) is 13.3. The van der Waals surface area contributed by atoms with Crippen LogP contribution in [-0.4, -0.2) is 71.6 Å². The third kappa shape index (κ3) is 11.2. The van der Waals surface area contributed by atoms with Crippen molar-refractivity contribution in [2.45, 2.75) is 83.6 Å². The molecule has 1 heterocycles. The molecule has 1 aliphatic heterocycles. The van der Waals surface area contributed by atoms with E-state index in [1.165, 1.54) is 4.90 Å². The molecule has 1 aliphatic rings. The summed E-state index contributed by atoms with van der Waals surface area (Å²) in [6.07, 6.45) is -10.4. The van der Waals surface area contributed by atoms with Crippen molar-refractivity contribution >= 4 is 30.3 Å². The minimum absolute atomic E-state index is 0. The highest BCUT2D eigenvalue weighted by Crippen LogP contribution is 2.37. The van der Waals surface area contributed by atoms with Crippen LogP contribution in [0, 0.1) is 0 Å². The van der Waals surface area contributed by atoms with Crippen LogP contribution in [0.1, 0.15) is 67.6 Å². The van der Waals surface area contributed by atoms with Gasteiger partial charge in [-0.15, -0.1) is 12.4 Å². The van der Waals surface area contributed by atoms with Crippen LogP contribution in [0.5, 0.6) is 0 Å². The Bertz CT molecular complexity index is 1250.